The summed E-state index contributed by atoms with van der Waals surface area (Å²) in [5, 5.41) is 0. The Kier molecular flexibility index (Phi) is 2.52. The third-order valence-corrected chi connectivity index (χ3v) is 3.38. The summed E-state index contributed by atoms with van der Waals surface area (Å²) in [5.41, 5.74) is 5.56. The minimum absolute atomic E-state index is 0.216. The number of amides is 1. The van der Waals surface area contributed by atoms with Gasteiger partial charge in [0.25, 0.3) is 0 Å². The van der Waals surface area contributed by atoms with Gasteiger partial charge in [0.2, 0.25) is 5.91 Å². The maximum Gasteiger partial charge on any atom is 0.242 e. The van der Waals surface area contributed by atoms with Gasteiger partial charge in [-0.15, -0.1) is 0 Å². The molecule has 0 aromatic carbocycles. The molecule has 0 bridgehead atoms. The molecule has 80 valence electrons. The van der Waals surface area contributed by atoms with Crippen molar-refractivity contribution in [2.24, 2.45) is 5.73 Å². The van der Waals surface area contributed by atoms with E-state index in [1.54, 1.807) is 0 Å². The average molecular weight is 196 g/mol. The van der Waals surface area contributed by atoms with Crippen LogP contribution in [0.25, 0.3) is 0 Å². The fraction of sp³-hybridized carbons (Fsp3) is 0.909. The molecule has 2 N–H and O–H groups in total. The van der Waals surface area contributed by atoms with Crippen molar-refractivity contribution in [3.63, 3.8) is 0 Å². The lowest BCUT2D eigenvalue weighted by Gasteiger charge is -2.40. The molecular formula is C11H20N2O. The Morgan fingerprint density at radius 3 is 2.50 bits per heavy atom. The van der Waals surface area contributed by atoms with Crippen molar-refractivity contribution in [1.29, 1.82) is 0 Å². The summed E-state index contributed by atoms with van der Waals surface area (Å²) < 4.78 is 0. The van der Waals surface area contributed by atoms with Gasteiger partial charge in [0.05, 0.1) is 5.54 Å². The largest absolute Gasteiger partial charge is 0.338 e. The van der Waals surface area contributed by atoms with E-state index < -0.39 is 5.54 Å². The molecule has 2 rings (SSSR count). The topological polar surface area (TPSA) is 46.3 Å². The van der Waals surface area contributed by atoms with Gasteiger partial charge in [-0.25, -0.2) is 0 Å². The van der Waals surface area contributed by atoms with Gasteiger partial charge in [0.15, 0.2) is 0 Å². The fourth-order valence-electron chi connectivity index (χ4n) is 2.13. The molecule has 2 saturated carbocycles. The number of hydrogen-bond acceptors (Lipinski definition) is 2. The lowest BCUT2D eigenvalue weighted by molar-refractivity contribution is -0.140. The van der Waals surface area contributed by atoms with Crippen LogP contribution in [0.1, 0.15) is 45.4 Å². The summed E-state index contributed by atoms with van der Waals surface area (Å²) >= 11 is 0. The van der Waals surface area contributed by atoms with Crippen LogP contribution in [-0.2, 0) is 4.79 Å². The number of nitrogens with two attached hydrogens (primary N) is 1. The molecule has 2 aliphatic rings. The lowest BCUT2D eigenvalue weighted by Crippen LogP contribution is -2.60. The predicted molar refractivity (Wildman–Crippen MR) is 55.8 cm³/mol. The maximum absolute atomic E-state index is 12.1. The molecule has 2 fully saturated rings. The number of nitrogens with zero attached hydrogens (tertiary/aromatic N) is 1. The molecule has 0 saturated heterocycles. The van der Waals surface area contributed by atoms with Gasteiger partial charge < -0.3 is 10.6 Å². The van der Waals surface area contributed by atoms with Crippen LogP contribution >= 0.6 is 0 Å². The predicted octanol–water partition coefficient (Wildman–Crippen LogP) is 1.27. The monoisotopic (exact) mass is 196 g/mol. The van der Waals surface area contributed by atoms with Gasteiger partial charge in [-0.3, -0.25) is 4.79 Å². The number of carbonyl (C=O) groups is 1. The van der Waals surface area contributed by atoms with E-state index in [-0.39, 0.29) is 5.91 Å². The summed E-state index contributed by atoms with van der Waals surface area (Å²) in [6.45, 7) is 3.01. The molecule has 0 aromatic rings. The van der Waals surface area contributed by atoms with Crippen molar-refractivity contribution < 1.29 is 4.79 Å². The molecule has 3 heteroatoms. The number of carbonyl (C=O) groups excluding carboxylic acids is 1. The van der Waals surface area contributed by atoms with Crippen LogP contribution in [0.3, 0.4) is 0 Å². The van der Waals surface area contributed by atoms with Crippen molar-refractivity contribution >= 4 is 5.91 Å². The van der Waals surface area contributed by atoms with E-state index in [1.807, 2.05) is 4.90 Å². The molecule has 0 atom stereocenters. The summed E-state index contributed by atoms with van der Waals surface area (Å²) in [7, 11) is 0. The molecule has 0 unspecified atom stereocenters. The van der Waals surface area contributed by atoms with Gasteiger partial charge in [0.1, 0.15) is 0 Å². The number of hydrogen-bond donors (Lipinski definition) is 1. The zero-order valence-electron chi connectivity index (χ0n) is 8.96. The second-order valence-electron chi connectivity index (χ2n) is 4.74. The highest BCUT2D eigenvalue weighted by atomic mass is 16.2. The van der Waals surface area contributed by atoms with Crippen LogP contribution in [0, 0.1) is 0 Å². The number of rotatable bonds is 4. The highest BCUT2D eigenvalue weighted by Gasteiger charge is 2.45. The van der Waals surface area contributed by atoms with Crippen LogP contribution in [0.4, 0.5) is 0 Å². The van der Waals surface area contributed by atoms with E-state index in [0.717, 1.165) is 32.2 Å². The van der Waals surface area contributed by atoms with E-state index in [1.165, 1.54) is 12.8 Å². The first-order valence-electron chi connectivity index (χ1n) is 5.77. The van der Waals surface area contributed by atoms with Gasteiger partial charge in [-0.1, -0.05) is 6.92 Å². The highest BCUT2D eigenvalue weighted by Crippen LogP contribution is 2.35. The SMILES string of the molecule is CCCN(C(=O)C1(N)CCC1)C1CC1. The standard InChI is InChI=1S/C11H20N2O/c1-2-8-13(9-4-5-9)10(14)11(12)6-3-7-11/h9H,2-8,12H2,1H3. The summed E-state index contributed by atoms with van der Waals surface area (Å²) in [6.07, 6.45) is 6.30. The van der Waals surface area contributed by atoms with Crippen molar-refractivity contribution in [2.75, 3.05) is 6.54 Å². The Morgan fingerprint density at radius 1 is 1.50 bits per heavy atom. The van der Waals surface area contributed by atoms with Crippen LogP contribution in [0.15, 0.2) is 0 Å². The molecule has 14 heavy (non-hydrogen) atoms. The lowest BCUT2D eigenvalue weighted by atomic mass is 9.76. The summed E-state index contributed by atoms with van der Waals surface area (Å²) in [5.74, 6) is 0.216. The normalized spacial score (nSPS) is 24.1. The second kappa shape index (κ2) is 3.54. The summed E-state index contributed by atoms with van der Waals surface area (Å²) in [4.78, 5) is 14.1. The molecule has 0 aromatic heterocycles. The van der Waals surface area contributed by atoms with Gasteiger partial charge in [0, 0.05) is 12.6 Å². The minimum Gasteiger partial charge on any atom is -0.338 e. The van der Waals surface area contributed by atoms with Crippen LogP contribution in [0.2, 0.25) is 0 Å². The molecule has 3 nitrogen and oxygen atoms in total. The first kappa shape index (κ1) is 9.97. The molecule has 0 spiro atoms. The molecule has 0 aliphatic heterocycles. The van der Waals surface area contributed by atoms with E-state index in [9.17, 15) is 4.79 Å². The summed E-state index contributed by atoms with van der Waals surface area (Å²) in [6, 6.07) is 0.517. The van der Waals surface area contributed by atoms with Crippen LogP contribution in [0.5, 0.6) is 0 Å². The van der Waals surface area contributed by atoms with Crippen molar-refractivity contribution in [1.82, 2.24) is 4.90 Å². The zero-order chi connectivity index (χ0) is 10.2. The molecule has 0 heterocycles. The average Bonchev–Trinajstić information content (AvgIpc) is 2.92. The Labute approximate surface area is 85.6 Å². The Bertz CT molecular complexity index is 231. The van der Waals surface area contributed by atoms with Gasteiger partial charge >= 0.3 is 0 Å². The fourth-order valence-corrected chi connectivity index (χ4v) is 2.13. The third-order valence-electron chi connectivity index (χ3n) is 3.38. The first-order chi connectivity index (χ1) is 6.67. The zero-order valence-corrected chi connectivity index (χ0v) is 8.96. The van der Waals surface area contributed by atoms with Gasteiger partial charge in [-0.05, 0) is 38.5 Å². The van der Waals surface area contributed by atoms with Gasteiger partial charge in [-0.2, -0.15) is 0 Å². The highest BCUT2D eigenvalue weighted by molar-refractivity contribution is 5.87. The van der Waals surface area contributed by atoms with E-state index in [4.69, 9.17) is 5.73 Å². The smallest absolute Gasteiger partial charge is 0.242 e. The van der Waals surface area contributed by atoms with E-state index in [0.29, 0.717) is 6.04 Å². The quantitative estimate of drug-likeness (QED) is 0.736. The first-order valence-corrected chi connectivity index (χ1v) is 5.77. The van der Waals surface area contributed by atoms with Crippen molar-refractivity contribution in [3.05, 3.63) is 0 Å². The van der Waals surface area contributed by atoms with Crippen molar-refractivity contribution in [2.45, 2.75) is 57.0 Å². The third kappa shape index (κ3) is 1.65. The van der Waals surface area contributed by atoms with Crippen LogP contribution < -0.4 is 5.73 Å². The molecular weight excluding hydrogens is 176 g/mol. The maximum atomic E-state index is 12.1. The molecule has 2 aliphatic carbocycles. The van der Waals surface area contributed by atoms with Crippen LogP contribution in [-0.4, -0.2) is 28.9 Å². The Morgan fingerprint density at radius 2 is 2.14 bits per heavy atom. The molecule has 0 radical (unpaired) electrons. The Hall–Kier alpha value is -0.570. The molecule has 1 amide bonds. The Balaban J connectivity index is 1.98. The minimum atomic E-state index is -0.488. The van der Waals surface area contributed by atoms with Crippen molar-refractivity contribution in [3.8, 4) is 0 Å². The van der Waals surface area contributed by atoms with E-state index in [2.05, 4.69) is 6.92 Å². The van der Waals surface area contributed by atoms with E-state index >= 15 is 0 Å². The second-order valence-corrected chi connectivity index (χ2v) is 4.74.